The summed E-state index contributed by atoms with van der Waals surface area (Å²) in [5.41, 5.74) is 5.43. The normalized spacial score (nSPS) is 21.1. The van der Waals surface area contributed by atoms with Crippen molar-refractivity contribution < 1.29 is 14.3 Å². The molecule has 5 nitrogen and oxygen atoms in total. The third kappa shape index (κ3) is 4.58. The third-order valence-electron chi connectivity index (χ3n) is 4.26. The van der Waals surface area contributed by atoms with Crippen LogP contribution in [0.1, 0.15) is 25.7 Å². The second-order valence-electron chi connectivity index (χ2n) is 5.84. The summed E-state index contributed by atoms with van der Waals surface area (Å²) in [5, 5.41) is 0. The standard InChI is InChI=1S/C14H26N2O3.ClH/c1-16(6-9-19-10-12-2-3-12)13(17)14(11-15)4-7-18-8-5-14;/h12H,2-11,15H2,1H3;1H. The highest BCUT2D eigenvalue weighted by Gasteiger charge is 2.40. The Labute approximate surface area is 127 Å². The summed E-state index contributed by atoms with van der Waals surface area (Å²) in [5.74, 6) is 0.917. The van der Waals surface area contributed by atoms with E-state index in [2.05, 4.69) is 0 Å². The predicted molar refractivity (Wildman–Crippen MR) is 80.0 cm³/mol. The number of carbonyl (C=O) groups excluding carboxylic acids is 1. The summed E-state index contributed by atoms with van der Waals surface area (Å²) in [6.07, 6.45) is 4.06. The fourth-order valence-corrected chi connectivity index (χ4v) is 2.51. The second-order valence-corrected chi connectivity index (χ2v) is 5.84. The number of nitrogens with zero attached hydrogens (tertiary/aromatic N) is 1. The zero-order valence-electron chi connectivity index (χ0n) is 12.3. The minimum atomic E-state index is -0.413. The van der Waals surface area contributed by atoms with Gasteiger partial charge in [-0.05, 0) is 31.6 Å². The summed E-state index contributed by atoms with van der Waals surface area (Å²) >= 11 is 0. The van der Waals surface area contributed by atoms with Crippen LogP contribution in [0.4, 0.5) is 0 Å². The molecule has 118 valence electrons. The Balaban J connectivity index is 0.00000200. The van der Waals surface area contributed by atoms with Crippen molar-refractivity contribution in [3.05, 3.63) is 0 Å². The van der Waals surface area contributed by atoms with Crippen LogP contribution < -0.4 is 5.73 Å². The maximum atomic E-state index is 12.5. The lowest BCUT2D eigenvalue weighted by Crippen LogP contribution is -2.50. The lowest BCUT2D eigenvalue weighted by molar-refractivity contribution is -0.146. The molecule has 2 rings (SSSR count). The van der Waals surface area contributed by atoms with Crippen molar-refractivity contribution in [1.29, 1.82) is 0 Å². The van der Waals surface area contributed by atoms with Crippen molar-refractivity contribution >= 4 is 18.3 Å². The molecule has 0 radical (unpaired) electrons. The van der Waals surface area contributed by atoms with Crippen LogP contribution in [0.25, 0.3) is 0 Å². The molecule has 2 aliphatic rings. The third-order valence-corrected chi connectivity index (χ3v) is 4.26. The Morgan fingerprint density at radius 3 is 2.60 bits per heavy atom. The smallest absolute Gasteiger partial charge is 0.230 e. The monoisotopic (exact) mass is 306 g/mol. The molecule has 0 aromatic rings. The molecule has 1 aliphatic heterocycles. The van der Waals surface area contributed by atoms with E-state index in [9.17, 15) is 4.79 Å². The van der Waals surface area contributed by atoms with Crippen LogP contribution in [0.5, 0.6) is 0 Å². The quantitative estimate of drug-likeness (QED) is 0.714. The molecule has 0 unspecified atom stereocenters. The molecule has 0 atom stereocenters. The average Bonchev–Trinajstić information content (AvgIpc) is 3.27. The number of hydrogen-bond acceptors (Lipinski definition) is 4. The van der Waals surface area contributed by atoms with E-state index in [1.807, 2.05) is 7.05 Å². The van der Waals surface area contributed by atoms with E-state index in [-0.39, 0.29) is 18.3 Å². The van der Waals surface area contributed by atoms with Crippen LogP contribution >= 0.6 is 12.4 Å². The molecule has 2 fully saturated rings. The molecule has 20 heavy (non-hydrogen) atoms. The van der Waals surface area contributed by atoms with Crippen molar-refractivity contribution in [2.45, 2.75) is 25.7 Å². The van der Waals surface area contributed by atoms with Gasteiger partial charge in [-0.1, -0.05) is 0 Å². The molecule has 1 heterocycles. The number of ether oxygens (including phenoxy) is 2. The summed E-state index contributed by atoms with van der Waals surface area (Å²) in [7, 11) is 1.84. The molecule has 1 saturated carbocycles. The SMILES string of the molecule is CN(CCOCC1CC1)C(=O)C1(CN)CCOCC1.Cl. The van der Waals surface area contributed by atoms with Crippen molar-refractivity contribution in [3.63, 3.8) is 0 Å². The molecule has 1 amide bonds. The highest BCUT2D eigenvalue weighted by molar-refractivity contribution is 5.85. The Morgan fingerprint density at radius 1 is 1.40 bits per heavy atom. The summed E-state index contributed by atoms with van der Waals surface area (Å²) in [6.45, 7) is 3.79. The zero-order valence-corrected chi connectivity index (χ0v) is 13.1. The molecule has 1 aliphatic carbocycles. The topological polar surface area (TPSA) is 64.8 Å². The Hall–Kier alpha value is -0.360. The van der Waals surface area contributed by atoms with Gasteiger partial charge in [0.25, 0.3) is 0 Å². The van der Waals surface area contributed by atoms with E-state index >= 15 is 0 Å². The Kier molecular flexibility index (Phi) is 7.23. The molecule has 2 N–H and O–H groups in total. The number of nitrogens with two attached hydrogens (primary N) is 1. The van der Waals surface area contributed by atoms with E-state index < -0.39 is 5.41 Å². The van der Waals surface area contributed by atoms with Gasteiger partial charge in [-0.25, -0.2) is 0 Å². The van der Waals surface area contributed by atoms with Crippen LogP contribution in [0.3, 0.4) is 0 Å². The van der Waals surface area contributed by atoms with Gasteiger partial charge < -0.3 is 20.1 Å². The molecule has 6 heteroatoms. The molecular formula is C14H27ClN2O3. The van der Waals surface area contributed by atoms with Gasteiger partial charge in [-0.15, -0.1) is 12.4 Å². The lowest BCUT2D eigenvalue weighted by atomic mass is 9.79. The number of likely N-dealkylation sites (N-methyl/N-ethyl adjacent to an activating group) is 1. The van der Waals surface area contributed by atoms with Crippen LogP contribution in [-0.2, 0) is 14.3 Å². The molecule has 0 bridgehead atoms. The fourth-order valence-electron chi connectivity index (χ4n) is 2.51. The van der Waals surface area contributed by atoms with E-state index in [4.69, 9.17) is 15.2 Å². The lowest BCUT2D eigenvalue weighted by Gasteiger charge is -2.37. The number of carbonyl (C=O) groups is 1. The van der Waals surface area contributed by atoms with Crippen LogP contribution in [0.2, 0.25) is 0 Å². The van der Waals surface area contributed by atoms with Crippen LogP contribution in [0, 0.1) is 11.3 Å². The van der Waals surface area contributed by atoms with Crippen molar-refractivity contribution in [2.24, 2.45) is 17.1 Å². The van der Waals surface area contributed by atoms with Gasteiger partial charge in [0.05, 0.1) is 12.0 Å². The van der Waals surface area contributed by atoms with Gasteiger partial charge in [0, 0.05) is 40.0 Å². The van der Waals surface area contributed by atoms with Crippen LogP contribution in [-0.4, -0.2) is 57.4 Å². The Morgan fingerprint density at radius 2 is 2.05 bits per heavy atom. The summed E-state index contributed by atoms with van der Waals surface area (Å²) in [6, 6.07) is 0. The molecular weight excluding hydrogens is 280 g/mol. The van der Waals surface area contributed by atoms with Crippen molar-refractivity contribution in [2.75, 3.05) is 46.6 Å². The van der Waals surface area contributed by atoms with E-state index in [1.54, 1.807) is 4.90 Å². The largest absolute Gasteiger partial charge is 0.381 e. The van der Waals surface area contributed by atoms with Crippen molar-refractivity contribution in [1.82, 2.24) is 4.90 Å². The van der Waals surface area contributed by atoms with Gasteiger partial charge in [0.15, 0.2) is 0 Å². The molecule has 0 aromatic heterocycles. The zero-order chi connectivity index (χ0) is 13.7. The van der Waals surface area contributed by atoms with E-state index in [1.165, 1.54) is 12.8 Å². The predicted octanol–water partition coefficient (Wildman–Crippen LogP) is 1.05. The highest BCUT2D eigenvalue weighted by Crippen LogP contribution is 2.31. The number of halogens is 1. The number of rotatable bonds is 7. The highest BCUT2D eigenvalue weighted by atomic mass is 35.5. The fraction of sp³-hybridized carbons (Fsp3) is 0.929. The first kappa shape index (κ1) is 17.7. The van der Waals surface area contributed by atoms with Gasteiger partial charge in [-0.3, -0.25) is 4.79 Å². The Bertz CT molecular complexity index is 305. The molecule has 0 aromatic carbocycles. The minimum Gasteiger partial charge on any atom is -0.381 e. The maximum Gasteiger partial charge on any atom is 0.230 e. The van der Waals surface area contributed by atoms with Gasteiger partial charge in [-0.2, -0.15) is 0 Å². The first-order chi connectivity index (χ1) is 9.18. The summed E-state index contributed by atoms with van der Waals surface area (Å²) < 4.78 is 10.9. The first-order valence-corrected chi connectivity index (χ1v) is 7.29. The second kappa shape index (κ2) is 8.17. The molecule has 1 saturated heterocycles. The van der Waals surface area contributed by atoms with Crippen molar-refractivity contribution in [3.8, 4) is 0 Å². The number of hydrogen-bond donors (Lipinski definition) is 1. The maximum absolute atomic E-state index is 12.5. The average molecular weight is 307 g/mol. The van der Waals surface area contributed by atoms with Crippen LogP contribution in [0.15, 0.2) is 0 Å². The minimum absolute atomic E-state index is 0. The van der Waals surface area contributed by atoms with E-state index in [0.717, 1.165) is 25.4 Å². The first-order valence-electron chi connectivity index (χ1n) is 7.29. The van der Waals surface area contributed by atoms with Gasteiger partial charge >= 0.3 is 0 Å². The molecule has 0 spiro atoms. The van der Waals surface area contributed by atoms with Gasteiger partial charge in [0.1, 0.15) is 0 Å². The van der Waals surface area contributed by atoms with Gasteiger partial charge in [0.2, 0.25) is 5.91 Å². The summed E-state index contributed by atoms with van der Waals surface area (Å²) in [4.78, 5) is 14.3. The van der Waals surface area contributed by atoms with E-state index in [0.29, 0.717) is 32.9 Å². The number of amides is 1.